The Kier molecular flexibility index (Phi) is 4.61. The quantitative estimate of drug-likeness (QED) is 0.748. The van der Waals surface area contributed by atoms with E-state index in [-0.39, 0.29) is 0 Å². The van der Waals surface area contributed by atoms with Crippen LogP contribution >= 0.6 is 0 Å². The minimum absolute atomic E-state index is 0.351. The van der Waals surface area contributed by atoms with E-state index < -0.39 is 0 Å². The summed E-state index contributed by atoms with van der Waals surface area (Å²) in [7, 11) is 2.22. The van der Waals surface area contributed by atoms with E-state index >= 15 is 0 Å². The van der Waals surface area contributed by atoms with Gasteiger partial charge in [-0.1, -0.05) is 13.3 Å². The topological polar surface area (TPSA) is 20.3 Å². The largest absolute Gasteiger partial charge is 0.303 e. The first-order valence-corrected chi connectivity index (χ1v) is 7.43. The van der Waals surface area contributed by atoms with Crippen molar-refractivity contribution in [2.75, 3.05) is 13.6 Å². The molecule has 0 radical (unpaired) electrons. The first-order chi connectivity index (χ1) is 8.20. The number of hydrogen-bond donors (Lipinski definition) is 0. The highest BCUT2D eigenvalue weighted by Gasteiger charge is 2.29. The lowest BCUT2D eigenvalue weighted by molar-refractivity contribution is -0.121. The zero-order valence-corrected chi connectivity index (χ0v) is 11.5. The van der Waals surface area contributed by atoms with Crippen LogP contribution in [-0.2, 0) is 4.79 Å². The van der Waals surface area contributed by atoms with Gasteiger partial charge in [-0.05, 0) is 51.5 Å². The van der Waals surface area contributed by atoms with Gasteiger partial charge in [-0.15, -0.1) is 0 Å². The lowest BCUT2D eigenvalue weighted by atomic mass is 9.84. The maximum absolute atomic E-state index is 11.7. The van der Waals surface area contributed by atoms with Crippen molar-refractivity contribution in [3.05, 3.63) is 0 Å². The molecule has 2 aliphatic rings. The Balaban J connectivity index is 1.76. The number of Topliss-reactive ketones (excluding diaryl/α,β-unsaturated/α-hetero) is 1. The van der Waals surface area contributed by atoms with Crippen LogP contribution in [0, 0.1) is 11.8 Å². The van der Waals surface area contributed by atoms with Gasteiger partial charge in [0.05, 0.1) is 0 Å². The zero-order valence-electron chi connectivity index (χ0n) is 11.5. The minimum atomic E-state index is 0.351. The van der Waals surface area contributed by atoms with Crippen molar-refractivity contribution < 1.29 is 4.79 Å². The van der Waals surface area contributed by atoms with Crippen molar-refractivity contribution in [1.29, 1.82) is 0 Å². The SMILES string of the molecule is CCC1CCC(N(C)CC2CCCC2=O)CC1. The van der Waals surface area contributed by atoms with Gasteiger partial charge in [0.2, 0.25) is 0 Å². The Hall–Kier alpha value is -0.370. The second-order valence-corrected chi connectivity index (χ2v) is 6.08. The minimum Gasteiger partial charge on any atom is -0.303 e. The van der Waals surface area contributed by atoms with Crippen LogP contribution in [-0.4, -0.2) is 30.3 Å². The number of carbonyl (C=O) groups is 1. The normalized spacial score (nSPS) is 34.5. The van der Waals surface area contributed by atoms with Gasteiger partial charge in [0.25, 0.3) is 0 Å². The van der Waals surface area contributed by atoms with E-state index in [1.807, 2.05) is 0 Å². The van der Waals surface area contributed by atoms with E-state index in [2.05, 4.69) is 18.9 Å². The molecular formula is C15H27NO. The third-order valence-electron chi connectivity index (χ3n) is 4.96. The second-order valence-electron chi connectivity index (χ2n) is 6.08. The summed E-state index contributed by atoms with van der Waals surface area (Å²) >= 11 is 0. The summed E-state index contributed by atoms with van der Waals surface area (Å²) < 4.78 is 0. The highest BCUT2D eigenvalue weighted by molar-refractivity contribution is 5.83. The van der Waals surface area contributed by atoms with E-state index in [0.29, 0.717) is 11.7 Å². The highest BCUT2D eigenvalue weighted by atomic mass is 16.1. The Morgan fingerprint density at radius 3 is 2.41 bits per heavy atom. The van der Waals surface area contributed by atoms with Crippen LogP contribution in [0.5, 0.6) is 0 Å². The summed E-state index contributed by atoms with van der Waals surface area (Å²) in [6.07, 6.45) is 9.91. The fourth-order valence-corrected chi connectivity index (χ4v) is 3.57. The Morgan fingerprint density at radius 2 is 1.88 bits per heavy atom. The van der Waals surface area contributed by atoms with Gasteiger partial charge in [-0.2, -0.15) is 0 Å². The molecule has 2 saturated carbocycles. The van der Waals surface area contributed by atoms with Gasteiger partial charge in [0.15, 0.2) is 0 Å². The molecule has 98 valence electrons. The van der Waals surface area contributed by atoms with Gasteiger partial charge in [0.1, 0.15) is 5.78 Å². The van der Waals surface area contributed by atoms with Crippen molar-refractivity contribution >= 4 is 5.78 Å². The predicted octanol–water partition coefficient (Wildman–Crippen LogP) is 3.26. The summed E-state index contributed by atoms with van der Waals surface area (Å²) in [5.41, 5.74) is 0. The predicted molar refractivity (Wildman–Crippen MR) is 71.0 cm³/mol. The molecular weight excluding hydrogens is 210 g/mol. The first kappa shape index (κ1) is 13.1. The van der Waals surface area contributed by atoms with Gasteiger partial charge in [-0.25, -0.2) is 0 Å². The Morgan fingerprint density at radius 1 is 1.18 bits per heavy atom. The van der Waals surface area contributed by atoms with Gasteiger partial charge in [-0.3, -0.25) is 4.79 Å². The number of rotatable bonds is 4. The van der Waals surface area contributed by atoms with E-state index in [1.165, 1.54) is 32.1 Å². The summed E-state index contributed by atoms with van der Waals surface area (Å²) in [6.45, 7) is 3.33. The molecule has 1 unspecified atom stereocenters. The van der Waals surface area contributed by atoms with Gasteiger partial charge >= 0.3 is 0 Å². The van der Waals surface area contributed by atoms with Crippen molar-refractivity contribution in [3.8, 4) is 0 Å². The van der Waals surface area contributed by atoms with Crippen LogP contribution in [0.4, 0.5) is 0 Å². The van der Waals surface area contributed by atoms with Crippen LogP contribution < -0.4 is 0 Å². The molecule has 2 nitrogen and oxygen atoms in total. The van der Waals surface area contributed by atoms with E-state index in [0.717, 1.165) is 37.8 Å². The molecule has 2 heteroatoms. The molecule has 0 aromatic rings. The van der Waals surface area contributed by atoms with Gasteiger partial charge < -0.3 is 4.90 Å². The lowest BCUT2D eigenvalue weighted by Gasteiger charge is -2.35. The monoisotopic (exact) mass is 237 g/mol. The fraction of sp³-hybridized carbons (Fsp3) is 0.933. The molecule has 0 aromatic heterocycles. The lowest BCUT2D eigenvalue weighted by Crippen LogP contribution is -2.39. The summed E-state index contributed by atoms with van der Waals surface area (Å²) in [5, 5.41) is 0. The van der Waals surface area contributed by atoms with Gasteiger partial charge in [0, 0.05) is 24.9 Å². The molecule has 0 aliphatic heterocycles. The second kappa shape index (κ2) is 5.99. The van der Waals surface area contributed by atoms with Crippen molar-refractivity contribution in [3.63, 3.8) is 0 Å². The standard InChI is InChI=1S/C15H27NO/c1-3-12-7-9-14(10-8-12)16(2)11-13-5-4-6-15(13)17/h12-14H,3-11H2,1-2H3. The van der Waals surface area contributed by atoms with E-state index in [4.69, 9.17) is 0 Å². The average Bonchev–Trinajstić information content (AvgIpc) is 2.75. The van der Waals surface area contributed by atoms with Crippen LogP contribution in [0.15, 0.2) is 0 Å². The maximum Gasteiger partial charge on any atom is 0.137 e. The molecule has 2 fully saturated rings. The fourth-order valence-electron chi connectivity index (χ4n) is 3.57. The highest BCUT2D eigenvalue weighted by Crippen LogP contribution is 2.30. The molecule has 0 bridgehead atoms. The first-order valence-electron chi connectivity index (χ1n) is 7.43. The molecule has 1 atom stereocenters. The average molecular weight is 237 g/mol. The van der Waals surface area contributed by atoms with Crippen molar-refractivity contribution in [1.82, 2.24) is 4.90 Å². The number of hydrogen-bond acceptors (Lipinski definition) is 2. The molecule has 2 rings (SSSR count). The smallest absolute Gasteiger partial charge is 0.137 e. The number of ketones is 1. The van der Waals surface area contributed by atoms with Crippen molar-refractivity contribution in [2.45, 2.75) is 64.3 Å². The van der Waals surface area contributed by atoms with Crippen LogP contribution in [0.1, 0.15) is 58.3 Å². The van der Waals surface area contributed by atoms with Crippen LogP contribution in [0.3, 0.4) is 0 Å². The molecule has 0 N–H and O–H groups in total. The molecule has 0 heterocycles. The number of nitrogens with zero attached hydrogens (tertiary/aromatic N) is 1. The zero-order chi connectivity index (χ0) is 12.3. The van der Waals surface area contributed by atoms with Crippen LogP contribution in [0.25, 0.3) is 0 Å². The Bertz CT molecular complexity index is 256. The Labute approximate surface area is 106 Å². The molecule has 0 saturated heterocycles. The summed E-state index contributed by atoms with van der Waals surface area (Å²) in [6, 6.07) is 0.742. The number of carbonyl (C=O) groups excluding carboxylic acids is 1. The molecule has 17 heavy (non-hydrogen) atoms. The van der Waals surface area contributed by atoms with E-state index in [1.54, 1.807) is 0 Å². The molecule has 2 aliphatic carbocycles. The van der Waals surface area contributed by atoms with Crippen LogP contribution in [0.2, 0.25) is 0 Å². The van der Waals surface area contributed by atoms with Crippen molar-refractivity contribution in [2.24, 2.45) is 11.8 Å². The third kappa shape index (κ3) is 3.31. The molecule has 0 aromatic carbocycles. The summed E-state index contributed by atoms with van der Waals surface area (Å²) in [4.78, 5) is 14.1. The third-order valence-corrected chi connectivity index (χ3v) is 4.96. The molecule has 0 spiro atoms. The molecule has 0 amide bonds. The summed E-state index contributed by atoms with van der Waals surface area (Å²) in [5.74, 6) is 1.83. The van der Waals surface area contributed by atoms with E-state index in [9.17, 15) is 4.79 Å². The maximum atomic E-state index is 11.7.